The molecule has 0 aliphatic heterocycles. The molecule has 16 heavy (non-hydrogen) atoms. The van der Waals surface area contributed by atoms with Crippen LogP contribution in [0.3, 0.4) is 0 Å². The maximum absolute atomic E-state index is 11.8. The van der Waals surface area contributed by atoms with Crippen LogP contribution in [0.25, 0.3) is 0 Å². The standard InChI is InChI=1S/C13H24ClNO/c1-11-5-7-12(8-6-11)13(16)15-10-4-2-3-9-14/h11-12H,2-10H2,1H3,(H,15,16). The molecule has 0 heterocycles. The second-order valence-corrected chi connectivity index (χ2v) is 5.38. The van der Waals surface area contributed by atoms with E-state index in [9.17, 15) is 4.79 Å². The zero-order valence-electron chi connectivity index (χ0n) is 10.3. The number of unbranched alkanes of at least 4 members (excludes halogenated alkanes) is 2. The number of carbonyl (C=O) groups is 1. The summed E-state index contributed by atoms with van der Waals surface area (Å²) in [5.41, 5.74) is 0. The lowest BCUT2D eigenvalue weighted by Crippen LogP contribution is -2.33. The fourth-order valence-corrected chi connectivity index (χ4v) is 2.46. The van der Waals surface area contributed by atoms with Crippen LogP contribution in [0.2, 0.25) is 0 Å². The zero-order chi connectivity index (χ0) is 11.8. The Morgan fingerprint density at radius 3 is 2.50 bits per heavy atom. The number of hydrogen-bond donors (Lipinski definition) is 1. The largest absolute Gasteiger partial charge is 0.356 e. The van der Waals surface area contributed by atoms with E-state index >= 15 is 0 Å². The fraction of sp³-hybridized carbons (Fsp3) is 0.923. The summed E-state index contributed by atoms with van der Waals surface area (Å²) in [4.78, 5) is 11.8. The third-order valence-electron chi connectivity index (χ3n) is 3.50. The third kappa shape index (κ3) is 5.20. The van der Waals surface area contributed by atoms with Crippen molar-refractivity contribution in [3.8, 4) is 0 Å². The van der Waals surface area contributed by atoms with Crippen LogP contribution >= 0.6 is 11.6 Å². The number of amides is 1. The molecule has 0 aromatic rings. The summed E-state index contributed by atoms with van der Waals surface area (Å²) >= 11 is 5.59. The first-order valence-corrected chi connectivity index (χ1v) is 7.11. The first-order chi connectivity index (χ1) is 7.74. The molecule has 0 atom stereocenters. The average molecular weight is 246 g/mol. The summed E-state index contributed by atoms with van der Waals surface area (Å²) in [5, 5.41) is 3.04. The number of nitrogens with one attached hydrogen (secondary N) is 1. The minimum atomic E-state index is 0.276. The van der Waals surface area contributed by atoms with Gasteiger partial charge in [0.2, 0.25) is 5.91 Å². The Balaban J connectivity index is 2.06. The molecule has 1 aliphatic rings. The first kappa shape index (κ1) is 13.8. The van der Waals surface area contributed by atoms with Crippen LogP contribution in [0.1, 0.15) is 51.9 Å². The highest BCUT2D eigenvalue weighted by molar-refractivity contribution is 6.17. The molecule has 0 spiro atoms. The Hall–Kier alpha value is -0.240. The van der Waals surface area contributed by atoms with Crippen molar-refractivity contribution in [1.82, 2.24) is 5.32 Å². The molecule has 0 saturated heterocycles. The van der Waals surface area contributed by atoms with Crippen LogP contribution < -0.4 is 5.32 Å². The van der Waals surface area contributed by atoms with Crippen LogP contribution in [-0.2, 0) is 4.79 Å². The molecule has 94 valence electrons. The molecule has 1 aliphatic carbocycles. The molecule has 1 fully saturated rings. The van der Waals surface area contributed by atoms with Gasteiger partial charge in [-0.2, -0.15) is 0 Å². The Bertz CT molecular complexity index is 200. The van der Waals surface area contributed by atoms with Crippen LogP contribution in [0.4, 0.5) is 0 Å². The van der Waals surface area contributed by atoms with Gasteiger partial charge in [0.25, 0.3) is 0 Å². The van der Waals surface area contributed by atoms with Crippen molar-refractivity contribution in [3.63, 3.8) is 0 Å². The molecule has 1 rings (SSSR count). The van der Waals surface area contributed by atoms with Gasteiger partial charge in [0.05, 0.1) is 0 Å². The number of hydrogen-bond acceptors (Lipinski definition) is 1. The van der Waals surface area contributed by atoms with Crippen LogP contribution in [0, 0.1) is 11.8 Å². The number of rotatable bonds is 6. The van der Waals surface area contributed by atoms with E-state index in [2.05, 4.69) is 12.2 Å². The van der Waals surface area contributed by atoms with Gasteiger partial charge < -0.3 is 5.32 Å². The predicted molar refractivity (Wildman–Crippen MR) is 68.7 cm³/mol. The van der Waals surface area contributed by atoms with E-state index < -0.39 is 0 Å². The van der Waals surface area contributed by atoms with Gasteiger partial charge in [0, 0.05) is 18.3 Å². The number of halogens is 1. The van der Waals surface area contributed by atoms with E-state index in [-0.39, 0.29) is 11.8 Å². The molecule has 1 saturated carbocycles. The van der Waals surface area contributed by atoms with Crippen LogP contribution in [0.5, 0.6) is 0 Å². The molecule has 3 heteroatoms. The maximum atomic E-state index is 11.8. The van der Waals surface area contributed by atoms with Gasteiger partial charge in [-0.15, -0.1) is 11.6 Å². The molecule has 0 bridgehead atoms. The van der Waals surface area contributed by atoms with Gasteiger partial charge in [0.15, 0.2) is 0 Å². The van der Waals surface area contributed by atoms with E-state index in [0.29, 0.717) is 0 Å². The van der Waals surface area contributed by atoms with E-state index in [1.165, 1.54) is 12.8 Å². The highest BCUT2D eigenvalue weighted by Gasteiger charge is 2.23. The predicted octanol–water partition coefficient (Wildman–Crippen LogP) is 3.34. The van der Waals surface area contributed by atoms with Crippen molar-refractivity contribution in [2.24, 2.45) is 11.8 Å². The third-order valence-corrected chi connectivity index (χ3v) is 3.76. The molecular formula is C13H24ClNO. The lowest BCUT2D eigenvalue weighted by Gasteiger charge is -2.25. The second kappa shape index (κ2) is 7.94. The Labute approximate surface area is 104 Å². The van der Waals surface area contributed by atoms with E-state index in [1.807, 2.05) is 0 Å². The Kier molecular flexibility index (Phi) is 6.86. The first-order valence-electron chi connectivity index (χ1n) is 6.57. The van der Waals surface area contributed by atoms with Crippen molar-refractivity contribution in [1.29, 1.82) is 0 Å². The van der Waals surface area contributed by atoms with Gasteiger partial charge in [-0.05, 0) is 44.4 Å². The number of carbonyl (C=O) groups excluding carboxylic acids is 1. The van der Waals surface area contributed by atoms with Crippen molar-refractivity contribution < 1.29 is 4.79 Å². The van der Waals surface area contributed by atoms with E-state index in [0.717, 1.165) is 50.4 Å². The average Bonchev–Trinajstić information content (AvgIpc) is 2.29. The molecule has 0 unspecified atom stereocenters. The molecule has 0 aromatic carbocycles. The Morgan fingerprint density at radius 1 is 1.19 bits per heavy atom. The monoisotopic (exact) mass is 245 g/mol. The summed E-state index contributed by atoms with van der Waals surface area (Å²) < 4.78 is 0. The van der Waals surface area contributed by atoms with Gasteiger partial charge in [-0.3, -0.25) is 4.79 Å². The topological polar surface area (TPSA) is 29.1 Å². The van der Waals surface area contributed by atoms with Gasteiger partial charge >= 0.3 is 0 Å². The summed E-state index contributed by atoms with van der Waals surface area (Å²) in [6.07, 6.45) is 7.81. The highest BCUT2D eigenvalue weighted by atomic mass is 35.5. The van der Waals surface area contributed by atoms with Gasteiger partial charge in [0.1, 0.15) is 0 Å². The smallest absolute Gasteiger partial charge is 0.223 e. The Morgan fingerprint density at radius 2 is 1.88 bits per heavy atom. The summed E-state index contributed by atoms with van der Waals surface area (Å²) in [7, 11) is 0. The second-order valence-electron chi connectivity index (χ2n) is 5.00. The number of alkyl halides is 1. The minimum Gasteiger partial charge on any atom is -0.356 e. The quantitative estimate of drug-likeness (QED) is 0.565. The molecule has 1 N–H and O–H groups in total. The molecule has 0 radical (unpaired) electrons. The lowest BCUT2D eigenvalue weighted by atomic mass is 9.82. The summed E-state index contributed by atoms with van der Waals surface area (Å²) in [6.45, 7) is 3.10. The van der Waals surface area contributed by atoms with Crippen molar-refractivity contribution >= 4 is 17.5 Å². The van der Waals surface area contributed by atoms with E-state index in [1.54, 1.807) is 0 Å². The maximum Gasteiger partial charge on any atom is 0.223 e. The highest BCUT2D eigenvalue weighted by Crippen LogP contribution is 2.28. The minimum absolute atomic E-state index is 0.276. The fourth-order valence-electron chi connectivity index (χ4n) is 2.27. The van der Waals surface area contributed by atoms with Crippen LogP contribution in [-0.4, -0.2) is 18.3 Å². The lowest BCUT2D eigenvalue weighted by molar-refractivity contribution is -0.126. The van der Waals surface area contributed by atoms with Gasteiger partial charge in [-0.25, -0.2) is 0 Å². The molecule has 2 nitrogen and oxygen atoms in total. The van der Waals surface area contributed by atoms with Crippen molar-refractivity contribution in [2.75, 3.05) is 12.4 Å². The SMILES string of the molecule is CC1CCC(C(=O)NCCCCCCl)CC1. The van der Waals surface area contributed by atoms with Gasteiger partial charge in [-0.1, -0.05) is 13.3 Å². The van der Waals surface area contributed by atoms with Crippen molar-refractivity contribution in [3.05, 3.63) is 0 Å². The summed E-state index contributed by atoms with van der Waals surface area (Å²) in [6, 6.07) is 0. The van der Waals surface area contributed by atoms with Crippen LogP contribution in [0.15, 0.2) is 0 Å². The molecular weight excluding hydrogens is 222 g/mol. The zero-order valence-corrected chi connectivity index (χ0v) is 11.1. The van der Waals surface area contributed by atoms with Crippen molar-refractivity contribution in [2.45, 2.75) is 51.9 Å². The molecule has 0 aromatic heterocycles. The normalized spacial score (nSPS) is 25.4. The van der Waals surface area contributed by atoms with E-state index in [4.69, 9.17) is 11.6 Å². The molecule has 1 amide bonds. The summed E-state index contributed by atoms with van der Waals surface area (Å²) in [5.74, 6) is 2.10.